The van der Waals surface area contributed by atoms with Crippen LogP contribution in [0.1, 0.15) is 17.0 Å². The molecule has 24 heavy (non-hydrogen) atoms. The number of methoxy groups -OCH3 is 1. The standard InChI is InChI=1S/C18H18N2O3S/c1-13-5-3-4-6-16(13)18-19-17(20-23-18)12-24(21)15-9-7-14(8-10-15)11-22-2/h3-10H,11-12H2,1-2H3/t24-/m0/s1. The molecule has 0 saturated heterocycles. The summed E-state index contributed by atoms with van der Waals surface area (Å²) in [7, 11) is 0.426. The van der Waals surface area contributed by atoms with Gasteiger partial charge in [-0.25, -0.2) is 0 Å². The summed E-state index contributed by atoms with van der Waals surface area (Å²) in [6.07, 6.45) is 0. The number of nitrogens with zero attached hydrogens (tertiary/aromatic N) is 2. The molecule has 2 aromatic carbocycles. The van der Waals surface area contributed by atoms with Gasteiger partial charge in [-0.15, -0.1) is 0 Å². The van der Waals surface area contributed by atoms with E-state index in [-0.39, 0.29) is 5.75 Å². The largest absolute Gasteiger partial charge is 0.380 e. The lowest BCUT2D eigenvalue weighted by atomic mass is 10.1. The second kappa shape index (κ2) is 7.51. The number of ether oxygens (including phenoxy) is 1. The molecule has 3 rings (SSSR count). The van der Waals surface area contributed by atoms with Crippen molar-refractivity contribution >= 4 is 10.8 Å². The normalized spacial score (nSPS) is 12.2. The lowest BCUT2D eigenvalue weighted by molar-refractivity contribution is 0.185. The van der Waals surface area contributed by atoms with Crippen LogP contribution in [-0.4, -0.2) is 21.5 Å². The minimum Gasteiger partial charge on any atom is -0.380 e. The van der Waals surface area contributed by atoms with Crippen molar-refractivity contribution in [1.82, 2.24) is 10.1 Å². The molecule has 5 nitrogen and oxygen atoms in total. The quantitative estimate of drug-likeness (QED) is 0.686. The molecule has 0 N–H and O–H groups in total. The van der Waals surface area contributed by atoms with Gasteiger partial charge in [-0.2, -0.15) is 4.98 Å². The first kappa shape index (κ1) is 16.5. The number of aryl methyl sites for hydroxylation is 1. The Kier molecular flexibility index (Phi) is 5.17. The zero-order valence-electron chi connectivity index (χ0n) is 13.6. The second-order valence-electron chi connectivity index (χ2n) is 5.40. The molecule has 124 valence electrons. The van der Waals surface area contributed by atoms with E-state index >= 15 is 0 Å². The van der Waals surface area contributed by atoms with Crippen LogP contribution in [0.5, 0.6) is 0 Å². The van der Waals surface area contributed by atoms with Crippen molar-refractivity contribution in [2.45, 2.75) is 24.2 Å². The van der Waals surface area contributed by atoms with Crippen LogP contribution >= 0.6 is 0 Å². The second-order valence-corrected chi connectivity index (χ2v) is 6.85. The average molecular weight is 342 g/mol. The minimum absolute atomic E-state index is 0.221. The van der Waals surface area contributed by atoms with Gasteiger partial charge in [-0.3, -0.25) is 4.21 Å². The fourth-order valence-electron chi connectivity index (χ4n) is 2.34. The molecule has 1 heterocycles. The predicted octanol–water partition coefficient (Wildman–Crippen LogP) is 3.50. The van der Waals surface area contributed by atoms with Crippen LogP contribution in [0.2, 0.25) is 0 Å². The van der Waals surface area contributed by atoms with Crippen LogP contribution in [0.25, 0.3) is 11.5 Å². The van der Waals surface area contributed by atoms with Crippen LogP contribution < -0.4 is 0 Å². The summed E-state index contributed by atoms with van der Waals surface area (Å²) in [5.74, 6) is 1.11. The van der Waals surface area contributed by atoms with Crippen LogP contribution in [-0.2, 0) is 27.9 Å². The maximum atomic E-state index is 12.5. The summed E-state index contributed by atoms with van der Waals surface area (Å²) in [4.78, 5) is 5.10. The van der Waals surface area contributed by atoms with Crippen LogP contribution in [0.3, 0.4) is 0 Å². The third kappa shape index (κ3) is 3.77. The first-order chi connectivity index (χ1) is 11.7. The molecule has 0 spiro atoms. The van der Waals surface area contributed by atoms with Gasteiger partial charge in [0.1, 0.15) is 0 Å². The molecule has 0 unspecified atom stereocenters. The molecule has 6 heteroatoms. The molecule has 0 aliphatic rings. The zero-order chi connectivity index (χ0) is 16.9. The summed E-state index contributed by atoms with van der Waals surface area (Å²) in [6, 6.07) is 15.3. The summed E-state index contributed by atoms with van der Waals surface area (Å²) in [5, 5.41) is 3.95. The summed E-state index contributed by atoms with van der Waals surface area (Å²) >= 11 is 0. The van der Waals surface area contributed by atoms with Gasteiger partial charge in [0.15, 0.2) is 5.82 Å². The van der Waals surface area contributed by atoms with E-state index in [2.05, 4.69) is 10.1 Å². The first-order valence-corrected chi connectivity index (χ1v) is 8.84. The predicted molar refractivity (Wildman–Crippen MR) is 91.7 cm³/mol. The van der Waals surface area contributed by atoms with Crippen molar-refractivity contribution in [1.29, 1.82) is 0 Å². The molecular weight excluding hydrogens is 324 g/mol. The van der Waals surface area contributed by atoms with Gasteiger partial charge in [0.2, 0.25) is 0 Å². The number of aromatic nitrogens is 2. The van der Waals surface area contributed by atoms with E-state index in [4.69, 9.17) is 9.26 Å². The van der Waals surface area contributed by atoms with Crippen LogP contribution in [0, 0.1) is 6.92 Å². The van der Waals surface area contributed by atoms with E-state index in [0.717, 1.165) is 21.6 Å². The Bertz CT molecular complexity index is 843. The molecule has 0 radical (unpaired) electrons. The van der Waals surface area contributed by atoms with Crippen LogP contribution in [0.15, 0.2) is 57.9 Å². The van der Waals surface area contributed by atoms with Crippen molar-refractivity contribution in [2.24, 2.45) is 0 Å². The van der Waals surface area contributed by atoms with Crippen molar-refractivity contribution < 1.29 is 13.5 Å². The lowest BCUT2D eigenvalue weighted by Crippen LogP contribution is -1.99. The monoisotopic (exact) mass is 342 g/mol. The van der Waals surface area contributed by atoms with Crippen LogP contribution in [0.4, 0.5) is 0 Å². The van der Waals surface area contributed by atoms with Gasteiger partial charge in [-0.1, -0.05) is 35.5 Å². The molecule has 0 amide bonds. The van der Waals surface area contributed by atoms with Gasteiger partial charge in [0.05, 0.1) is 23.2 Å². The van der Waals surface area contributed by atoms with Gasteiger partial charge in [0, 0.05) is 17.6 Å². The molecular formula is C18H18N2O3S. The third-order valence-electron chi connectivity index (χ3n) is 3.60. The fraction of sp³-hybridized carbons (Fsp3) is 0.222. The summed E-state index contributed by atoms with van der Waals surface area (Å²) in [5.41, 5.74) is 2.99. The Hall–Kier alpha value is -2.31. The lowest BCUT2D eigenvalue weighted by Gasteiger charge is -2.02. The molecule has 3 aromatic rings. The average Bonchev–Trinajstić information content (AvgIpc) is 3.04. The zero-order valence-corrected chi connectivity index (χ0v) is 14.4. The topological polar surface area (TPSA) is 65.2 Å². The van der Waals surface area contributed by atoms with Crippen molar-refractivity contribution in [3.8, 4) is 11.5 Å². The van der Waals surface area contributed by atoms with E-state index in [0.29, 0.717) is 18.3 Å². The summed E-state index contributed by atoms with van der Waals surface area (Å²) < 4.78 is 22.8. The molecule has 1 atom stereocenters. The first-order valence-electron chi connectivity index (χ1n) is 7.52. The Morgan fingerprint density at radius 3 is 2.58 bits per heavy atom. The highest BCUT2D eigenvalue weighted by Crippen LogP contribution is 2.22. The smallest absolute Gasteiger partial charge is 0.258 e. The molecule has 1 aromatic heterocycles. The SMILES string of the molecule is COCc1ccc([S@@](=O)Cc2noc(-c3ccccc3C)n2)cc1. The van der Waals surface area contributed by atoms with E-state index in [9.17, 15) is 4.21 Å². The Morgan fingerprint density at radius 1 is 1.12 bits per heavy atom. The highest BCUT2D eigenvalue weighted by Gasteiger charge is 2.14. The van der Waals surface area contributed by atoms with E-state index in [1.54, 1.807) is 7.11 Å². The Labute approximate surface area is 143 Å². The Balaban J connectivity index is 1.72. The molecule has 0 fully saturated rings. The third-order valence-corrected chi connectivity index (χ3v) is 4.92. The maximum absolute atomic E-state index is 12.5. The minimum atomic E-state index is -1.22. The molecule has 0 aliphatic heterocycles. The number of hydrogen-bond donors (Lipinski definition) is 0. The highest BCUT2D eigenvalue weighted by molar-refractivity contribution is 7.84. The number of benzene rings is 2. The number of hydrogen-bond acceptors (Lipinski definition) is 5. The summed E-state index contributed by atoms with van der Waals surface area (Å²) in [6.45, 7) is 2.52. The van der Waals surface area contributed by atoms with E-state index in [1.165, 1.54) is 0 Å². The van der Waals surface area contributed by atoms with Gasteiger partial charge >= 0.3 is 0 Å². The maximum Gasteiger partial charge on any atom is 0.258 e. The van der Waals surface area contributed by atoms with E-state index in [1.807, 2.05) is 55.5 Å². The Morgan fingerprint density at radius 2 is 1.88 bits per heavy atom. The molecule has 0 aliphatic carbocycles. The molecule has 0 bridgehead atoms. The van der Waals surface area contributed by atoms with Crippen molar-refractivity contribution in [2.75, 3.05) is 7.11 Å². The van der Waals surface area contributed by atoms with E-state index < -0.39 is 10.8 Å². The van der Waals surface area contributed by atoms with Crippen molar-refractivity contribution in [3.63, 3.8) is 0 Å². The van der Waals surface area contributed by atoms with Gasteiger partial charge in [0.25, 0.3) is 5.89 Å². The van der Waals surface area contributed by atoms with Gasteiger partial charge < -0.3 is 9.26 Å². The highest BCUT2D eigenvalue weighted by atomic mass is 32.2. The van der Waals surface area contributed by atoms with Gasteiger partial charge in [-0.05, 0) is 36.2 Å². The molecule has 0 saturated carbocycles. The number of rotatable bonds is 6. The van der Waals surface area contributed by atoms with Crippen molar-refractivity contribution in [3.05, 3.63) is 65.5 Å². The fourth-order valence-corrected chi connectivity index (χ4v) is 3.30.